The van der Waals surface area contributed by atoms with Crippen molar-refractivity contribution in [3.8, 4) is 18.2 Å². The van der Waals surface area contributed by atoms with Crippen molar-refractivity contribution in [2.24, 2.45) is 16.7 Å². The lowest BCUT2D eigenvalue weighted by molar-refractivity contribution is -0.288. The predicted molar refractivity (Wildman–Crippen MR) is 107 cm³/mol. The topological polar surface area (TPSA) is 114 Å². The van der Waals surface area contributed by atoms with Crippen LogP contribution in [0.2, 0.25) is 0 Å². The Morgan fingerprint density at radius 1 is 0.967 bits per heavy atom. The van der Waals surface area contributed by atoms with Gasteiger partial charge in [0, 0.05) is 5.56 Å². The molecule has 0 aliphatic carbocycles. The van der Waals surface area contributed by atoms with Crippen LogP contribution in [-0.4, -0.2) is 5.90 Å². The number of rotatable bonds is 3. The second kappa shape index (κ2) is 6.70. The van der Waals surface area contributed by atoms with E-state index in [1.807, 2.05) is 49.4 Å². The fourth-order valence-corrected chi connectivity index (χ4v) is 4.77. The van der Waals surface area contributed by atoms with Gasteiger partial charge in [0.05, 0.1) is 24.1 Å². The first-order chi connectivity index (χ1) is 14.5. The van der Waals surface area contributed by atoms with Crippen molar-refractivity contribution in [2.45, 2.75) is 32.2 Å². The third-order valence-electron chi connectivity index (χ3n) is 6.54. The van der Waals surface area contributed by atoms with Gasteiger partial charge in [-0.2, -0.15) is 15.8 Å². The molecule has 6 heteroatoms. The van der Waals surface area contributed by atoms with Crippen LogP contribution in [0.5, 0.6) is 0 Å². The van der Waals surface area contributed by atoms with Gasteiger partial charge in [-0.3, -0.25) is 5.41 Å². The average Bonchev–Trinajstić information content (AvgIpc) is 2.96. The van der Waals surface area contributed by atoms with Gasteiger partial charge in [0.15, 0.2) is 5.41 Å². The van der Waals surface area contributed by atoms with Gasteiger partial charge in [-0.05, 0) is 17.5 Å². The molecule has 4 atom stereocenters. The Kier molecular flexibility index (Phi) is 4.39. The smallest absolute Gasteiger partial charge is 0.244 e. The highest BCUT2D eigenvalue weighted by Crippen LogP contribution is 2.68. The van der Waals surface area contributed by atoms with Crippen LogP contribution in [0.4, 0.5) is 0 Å². The lowest BCUT2D eigenvalue weighted by atomic mass is 9.53. The van der Waals surface area contributed by atoms with Gasteiger partial charge in [-0.15, -0.1) is 0 Å². The summed E-state index contributed by atoms with van der Waals surface area (Å²) in [5.74, 6) is -2.60. The maximum Gasteiger partial charge on any atom is 0.244 e. The summed E-state index contributed by atoms with van der Waals surface area (Å²) in [7, 11) is 0. The molecule has 0 spiro atoms. The summed E-state index contributed by atoms with van der Waals surface area (Å²) in [6, 6.07) is 22.8. The molecule has 2 heterocycles. The molecule has 2 fully saturated rings. The number of ether oxygens (including phenoxy) is 2. The molecule has 148 valence electrons. The highest BCUT2D eigenvalue weighted by Gasteiger charge is 2.79. The number of nitrogens with one attached hydrogen (secondary N) is 1. The van der Waals surface area contributed by atoms with Gasteiger partial charge in [-0.25, -0.2) is 0 Å². The zero-order valence-corrected chi connectivity index (χ0v) is 16.7. The van der Waals surface area contributed by atoms with E-state index in [0.29, 0.717) is 11.1 Å². The third-order valence-corrected chi connectivity index (χ3v) is 6.54. The summed E-state index contributed by atoms with van der Waals surface area (Å²) in [5.41, 5.74) is -1.39. The standard InChI is InChI=1S/C24H20N4O2/c1-3-17-9-11-18(12-10-17)20-22(13-25,14-26)23(15-27)16(2)24(29-20,30-21(23)28)19-7-5-4-6-8-19/h4-12,16,20,28H,3H2,1-2H3. The second-order valence-electron chi connectivity index (χ2n) is 7.73. The summed E-state index contributed by atoms with van der Waals surface area (Å²) in [5, 5.41) is 39.3. The van der Waals surface area contributed by atoms with Crippen LogP contribution in [0, 0.1) is 56.2 Å². The van der Waals surface area contributed by atoms with E-state index in [9.17, 15) is 15.8 Å². The molecule has 4 unspecified atom stereocenters. The molecule has 0 saturated carbocycles. The average molecular weight is 396 g/mol. The van der Waals surface area contributed by atoms with Crippen LogP contribution < -0.4 is 0 Å². The van der Waals surface area contributed by atoms with Crippen LogP contribution in [0.25, 0.3) is 0 Å². The number of nitriles is 3. The fraction of sp³-hybridized carbons (Fsp3) is 0.333. The Labute approximate surface area is 175 Å². The predicted octanol–water partition coefficient (Wildman–Crippen LogP) is 4.36. The molecule has 2 saturated heterocycles. The largest absolute Gasteiger partial charge is 0.443 e. The van der Waals surface area contributed by atoms with E-state index in [1.54, 1.807) is 19.1 Å². The van der Waals surface area contributed by atoms with Crippen molar-refractivity contribution >= 4 is 5.90 Å². The van der Waals surface area contributed by atoms with Gasteiger partial charge < -0.3 is 9.47 Å². The molecule has 30 heavy (non-hydrogen) atoms. The minimum atomic E-state index is -1.94. The monoisotopic (exact) mass is 396 g/mol. The van der Waals surface area contributed by atoms with Crippen molar-refractivity contribution in [3.05, 3.63) is 71.3 Å². The Hall–Kier alpha value is -3.66. The first-order valence-corrected chi connectivity index (χ1v) is 9.79. The number of nitrogens with zero attached hydrogens (tertiary/aromatic N) is 3. The SMILES string of the molecule is CCc1ccc(C2OC3(c4ccccc4)OC(=N)C(C#N)(C3C)C2(C#N)C#N)cc1. The molecule has 0 radical (unpaired) electrons. The molecule has 4 rings (SSSR count). The van der Waals surface area contributed by atoms with E-state index < -0.39 is 34.5 Å². The lowest BCUT2D eigenvalue weighted by Crippen LogP contribution is -2.57. The van der Waals surface area contributed by atoms with Crippen LogP contribution in [-0.2, 0) is 21.7 Å². The quantitative estimate of drug-likeness (QED) is 0.828. The first-order valence-electron chi connectivity index (χ1n) is 9.79. The molecule has 0 aromatic heterocycles. The molecule has 2 aliphatic rings. The van der Waals surface area contributed by atoms with Crippen LogP contribution >= 0.6 is 0 Å². The molecule has 2 aliphatic heterocycles. The minimum absolute atomic E-state index is 0.405. The number of fused-ring (bicyclic) bond motifs is 2. The molecule has 2 aromatic carbocycles. The van der Waals surface area contributed by atoms with E-state index >= 15 is 0 Å². The van der Waals surface area contributed by atoms with Crippen molar-refractivity contribution in [3.63, 3.8) is 0 Å². The summed E-state index contributed by atoms with van der Waals surface area (Å²) in [6.07, 6.45) is -0.230. The van der Waals surface area contributed by atoms with Gasteiger partial charge >= 0.3 is 0 Å². The summed E-state index contributed by atoms with van der Waals surface area (Å²) >= 11 is 0. The van der Waals surface area contributed by atoms with Crippen LogP contribution in [0.1, 0.15) is 36.6 Å². The number of benzene rings is 2. The zero-order chi connectivity index (χ0) is 21.6. The molecule has 2 bridgehead atoms. The van der Waals surface area contributed by atoms with Crippen molar-refractivity contribution in [1.29, 1.82) is 21.2 Å². The Morgan fingerprint density at radius 2 is 1.60 bits per heavy atom. The van der Waals surface area contributed by atoms with E-state index in [0.717, 1.165) is 12.0 Å². The Morgan fingerprint density at radius 3 is 2.13 bits per heavy atom. The first kappa shape index (κ1) is 19.6. The van der Waals surface area contributed by atoms with Crippen molar-refractivity contribution in [2.75, 3.05) is 0 Å². The summed E-state index contributed by atoms with van der Waals surface area (Å²) in [6.45, 7) is 3.74. The van der Waals surface area contributed by atoms with Crippen LogP contribution in [0.3, 0.4) is 0 Å². The highest BCUT2D eigenvalue weighted by molar-refractivity contribution is 5.89. The zero-order valence-electron chi connectivity index (χ0n) is 16.7. The van der Waals surface area contributed by atoms with Gasteiger partial charge in [0.25, 0.3) is 0 Å². The van der Waals surface area contributed by atoms with E-state index in [4.69, 9.17) is 14.9 Å². The fourth-order valence-electron chi connectivity index (χ4n) is 4.77. The summed E-state index contributed by atoms with van der Waals surface area (Å²) < 4.78 is 12.4. The number of hydrogen-bond acceptors (Lipinski definition) is 6. The minimum Gasteiger partial charge on any atom is -0.443 e. The van der Waals surface area contributed by atoms with Gasteiger partial charge in [-0.1, -0.05) is 68.4 Å². The second-order valence-corrected chi connectivity index (χ2v) is 7.73. The lowest BCUT2D eigenvalue weighted by Gasteiger charge is -2.48. The summed E-state index contributed by atoms with van der Waals surface area (Å²) in [4.78, 5) is 0. The maximum atomic E-state index is 10.3. The van der Waals surface area contributed by atoms with Gasteiger partial charge in [0.2, 0.25) is 17.1 Å². The maximum absolute atomic E-state index is 10.3. The van der Waals surface area contributed by atoms with E-state index in [-0.39, 0.29) is 0 Å². The number of aryl methyl sites for hydroxylation is 1. The molecule has 1 N–H and O–H groups in total. The number of hydrogen-bond donors (Lipinski definition) is 1. The Balaban J connectivity index is 2.01. The molecular weight excluding hydrogens is 376 g/mol. The highest BCUT2D eigenvalue weighted by atomic mass is 16.7. The molecule has 0 amide bonds. The normalized spacial score (nSPS) is 31.1. The van der Waals surface area contributed by atoms with Crippen molar-refractivity contribution in [1.82, 2.24) is 0 Å². The Bertz CT molecular complexity index is 1110. The molecule has 6 nitrogen and oxygen atoms in total. The van der Waals surface area contributed by atoms with Crippen LogP contribution in [0.15, 0.2) is 54.6 Å². The van der Waals surface area contributed by atoms with Crippen molar-refractivity contribution < 1.29 is 9.47 Å². The van der Waals surface area contributed by atoms with Gasteiger partial charge in [0.1, 0.15) is 6.10 Å². The van der Waals surface area contributed by atoms with E-state index in [1.165, 1.54) is 0 Å². The third kappa shape index (κ3) is 2.16. The van der Waals surface area contributed by atoms with E-state index in [2.05, 4.69) is 18.2 Å². The molecule has 2 aromatic rings. The molecular formula is C24H20N4O2.